The average Bonchev–Trinajstić information content (AvgIpc) is 2.79. The van der Waals surface area contributed by atoms with E-state index in [1.165, 1.54) is 51.3 Å². The second-order valence-electron chi connectivity index (χ2n) is 9.97. The van der Waals surface area contributed by atoms with Gasteiger partial charge in [0.2, 0.25) is 0 Å². The van der Waals surface area contributed by atoms with Gasteiger partial charge >= 0.3 is 12.0 Å². The highest BCUT2D eigenvalue weighted by atomic mass is 79.9. The molecular formula is C27H41BrClN3O4. The van der Waals surface area contributed by atoms with Crippen LogP contribution in [0.25, 0.3) is 0 Å². The van der Waals surface area contributed by atoms with Crippen molar-refractivity contribution in [2.45, 2.75) is 70.8 Å². The molecule has 36 heavy (non-hydrogen) atoms. The summed E-state index contributed by atoms with van der Waals surface area (Å²) in [4.78, 5) is 20.9. The predicted octanol–water partition coefficient (Wildman–Crippen LogP) is 3.70. The molecule has 1 heterocycles. The molecule has 0 N–H and O–H groups in total. The minimum atomic E-state index is -0.470. The van der Waals surface area contributed by atoms with Crippen LogP contribution in [-0.2, 0) is 4.74 Å². The van der Waals surface area contributed by atoms with Crippen molar-refractivity contribution in [3.63, 3.8) is 0 Å². The number of ether oxygens (including phenoxy) is 3. The SMILES string of the molecule is COc1ccc(Oc2nccc(Cl)n2)c(C(=O)OC(C)CCCCCCCCCC[N+](C)(C)C)c1.[Br-]. The van der Waals surface area contributed by atoms with Gasteiger partial charge < -0.3 is 35.7 Å². The number of unbranched alkanes of at least 4 members (excludes halogenated alkanes) is 7. The highest BCUT2D eigenvalue weighted by Gasteiger charge is 2.19. The van der Waals surface area contributed by atoms with Crippen molar-refractivity contribution in [3.05, 3.63) is 41.2 Å². The number of aromatic nitrogens is 2. The molecule has 0 fully saturated rings. The number of rotatable bonds is 16. The van der Waals surface area contributed by atoms with E-state index in [-0.39, 0.29) is 45.6 Å². The van der Waals surface area contributed by atoms with Gasteiger partial charge in [-0.05, 0) is 56.9 Å². The number of carbonyl (C=O) groups is 1. The molecule has 0 amide bonds. The van der Waals surface area contributed by atoms with E-state index in [2.05, 4.69) is 31.1 Å². The Morgan fingerprint density at radius 1 is 1.00 bits per heavy atom. The van der Waals surface area contributed by atoms with E-state index in [1.54, 1.807) is 31.4 Å². The Bertz CT molecular complexity index is 924. The molecule has 1 aromatic carbocycles. The molecule has 2 aromatic rings. The fourth-order valence-electron chi connectivity index (χ4n) is 3.74. The maximum absolute atomic E-state index is 12.9. The first kappa shape index (κ1) is 32.1. The molecule has 0 aliphatic heterocycles. The summed E-state index contributed by atoms with van der Waals surface area (Å²) in [7, 11) is 8.28. The smallest absolute Gasteiger partial charge is 0.342 e. The van der Waals surface area contributed by atoms with Crippen molar-refractivity contribution in [2.75, 3.05) is 34.8 Å². The molecule has 1 unspecified atom stereocenters. The Labute approximate surface area is 231 Å². The van der Waals surface area contributed by atoms with Crippen LogP contribution in [0.3, 0.4) is 0 Å². The van der Waals surface area contributed by atoms with Crippen LogP contribution in [0.4, 0.5) is 0 Å². The van der Waals surface area contributed by atoms with E-state index in [4.69, 9.17) is 25.8 Å². The second-order valence-corrected chi connectivity index (χ2v) is 10.4. The van der Waals surface area contributed by atoms with Crippen LogP contribution in [0.15, 0.2) is 30.5 Å². The molecule has 1 atom stereocenters. The van der Waals surface area contributed by atoms with Crippen molar-refractivity contribution in [1.29, 1.82) is 0 Å². The number of quaternary nitrogens is 1. The number of hydrogen-bond donors (Lipinski definition) is 0. The van der Waals surface area contributed by atoms with Gasteiger partial charge in [-0.2, -0.15) is 4.98 Å². The van der Waals surface area contributed by atoms with Gasteiger partial charge in [-0.1, -0.05) is 43.7 Å². The summed E-state index contributed by atoms with van der Waals surface area (Å²) in [6, 6.07) is 6.52. The van der Waals surface area contributed by atoms with Crippen molar-refractivity contribution >= 4 is 17.6 Å². The average molecular weight is 587 g/mol. The van der Waals surface area contributed by atoms with E-state index in [9.17, 15) is 4.79 Å². The molecule has 0 saturated carbocycles. The molecule has 0 aliphatic rings. The van der Waals surface area contributed by atoms with Crippen LogP contribution in [-0.4, -0.2) is 61.3 Å². The molecule has 0 radical (unpaired) electrons. The van der Waals surface area contributed by atoms with Gasteiger partial charge in [0.25, 0.3) is 0 Å². The summed E-state index contributed by atoms with van der Waals surface area (Å²) in [5.41, 5.74) is 0.255. The molecule has 0 spiro atoms. The fraction of sp³-hybridized carbons (Fsp3) is 0.593. The first-order chi connectivity index (χ1) is 16.7. The van der Waals surface area contributed by atoms with Gasteiger partial charge in [-0.3, -0.25) is 0 Å². The first-order valence-corrected chi connectivity index (χ1v) is 12.9. The fourth-order valence-corrected chi connectivity index (χ4v) is 3.86. The number of hydrogen-bond acceptors (Lipinski definition) is 6. The molecule has 0 saturated heterocycles. The molecule has 0 aliphatic carbocycles. The summed E-state index contributed by atoms with van der Waals surface area (Å²) in [5.74, 6) is 0.343. The number of halogens is 2. The zero-order chi connectivity index (χ0) is 25.7. The van der Waals surface area contributed by atoms with E-state index >= 15 is 0 Å². The third-order valence-electron chi connectivity index (χ3n) is 5.71. The standard InChI is InChI=1S/C27H41ClN3O4.BrH/c1-21(14-12-10-8-6-7-9-11-13-19-31(2,3)4)34-26(32)23-20-22(33-5)15-16-24(23)35-27-29-18-17-25(28)30-27;/h15-18,20-21H,6-14,19H2,1-5H3;1H/q+1;/p-1. The van der Waals surface area contributed by atoms with Gasteiger partial charge in [0, 0.05) is 6.20 Å². The van der Waals surface area contributed by atoms with E-state index < -0.39 is 5.97 Å². The number of esters is 1. The summed E-state index contributed by atoms with van der Waals surface area (Å²) in [5, 5.41) is 0.251. The molecule has 0 bridgehead atoms. The number of carbonyl (C=O) groups excluding carboxylic acids is 1. The lowest BCUT2D eigenvalue weighted by Crippen LogP contribution is -3.00. The zero-order valence-electron chi connectivity index (χ0n) is 22.3. The molecule has 7 nitrogen and oxygen atoms in total. The molecular weight excluding hydrogens is 546 g/mol. The third kappa shape index (κ3) is 12.9. The number of methoxy groups -OCH3 is 1. The van der Waals surface area contributed by atoms with Crippen LogP contribution in [0.2, 0.25) is 5.15 Å². The van der Waals surface area contributed by atoms with Gasteiger partial charge in [0.15, 0.2) is 0 Å². The summed E-state index contributed by atoms with van der Waals surface area (Å²) in [6.07, 6.45) is 12.1. The molecule has 202 valence electrons. The van der Waals surface area contributed by atoms with Crippen molar-refractivity contribution in [1.82, 2.24) is 9.97 Å². The largest absolute Gasteiger partial charge is 1.00 e. The topological polar surface area (TPSA) is 70.5 Å². The summed E-state index contributed by atoms with van der Waals surface area (Å²) >= 11 is 5.91. The van der Waals surface area contributed by atoms with Gasteiger partial charge in [-0.25, -0.2) is 9.78 Å². The first-order valence-electron chi connectivity index (χ1n) is 12.5. The maximum atomic E-state index is 12.9. The van der Waals surface area contributed by atoms with Crippen molar-refractivity contribution < 1.29 is 40.5 Å². The highest BCUT2D eigenvalue weighted by molar-refractivity contribution is 6.29. The summed E-state index contributed by atoms with van der Waals surface area (Å²) in [6.45, 7) is 3.17. The summed E-state index contributed by atoms with van der Waals surface area (Å²) < 4.78 is 17.7. The lowest BCUT2D eigenvalue weighted by atomic mass is 10.1. The molecule has 1 aromatic heterocycles. The Balaban J connectivity index is 0.00000648. The van der Waals surface area contributed by atoms with Crippen LogP contribution in [0, 0.1) is 0 Å². The molecule has 9 heteroatoms. The predicted molar refractivity (Wildman–Crippen MR) is 139 cm³/mol. The van der Waals surface area contributed by atoms with Gasteiger partial charge in [0.05, 0.1) is 40.9 Å². The Morgan fingerprint density at radius 2 is 1.64 bits per heavy atom. The van der Waals surface area contributed by atoms with Crippen LogP contribution >= 0.6 is 11.6 Å². The normalized spacial score (nSPS) is 11.9. The lowest BCUT2D eigenvalue weighted by Gasteiger charge is -2.23. The minimum Gasteiger partial charge on any atom is -1.00 e. The Hall–Kier alpha value is -1.90. The Kier molecular flexibility index (Phi) is 15.0. The Morgan fingerprint density at radius 3 is 2.25 bits per heavy atom. The van der Waals surface area contributed by atoms with E-state index in [0.29, 0.717) is 5.75 Å². The molecule has 2 rings (SSSR count). The monoisotopic (exact) mass is 585 g/mol. The quantitative estimate of drug-likeness (QED) is 0.129. The number of nitrogens with zero attached hydrogens (tertiary/aromatic N) is 3. The van der Waals surface area contributed by atoms with E-state index in [1.807, 2.05) is 6.92 Å². The lowest BCUT2D eigenvalue weighted by molar-refractivity contribution is -0.870. The van der Waals surface area contributed by atoms with Crippen LogP contribution < -0.4 is 26.5 Å². The van der Waals surface area contributed by atoms with Crippen molar-refractivity contribution in [2.24, 2.45) is 0 Å². The highest BCUT2D eigenvalue weighted by Crippen LogP contribution is 2.29. The number of benzene rings is 1. The third-order valence-corrected chi connectivity index (χ3v) is 5.92. The second kappa shape index (κ2) is 16.8. The van der Waals surface area contributed by atoms with Gasteiger partial charge in [0.1, 0.15) is 22.2 Å². The van der Waals surface area contributed by atoms with Crippen molar-refractivity contribution in [3.8, 4) is 17.5 Å². The van der Waals surface area contributed by atoms with Crippen LogP contribution in [0.5, 0.6) is 17.5 Å². The van der Waals surface area contributed by atoms with Gasteiger partial charge in [-0.15, -0.1) is 0 Å². The minimum absolute atomic E-state index is 0. The maximum Gasteiger partial charge on any atom is 0.342 e. The van der Waals surface area contributed by atoms with E-state index in [0.717, 1.165) is 23.7 Å². The van der Waals surface area contributed by atoms with Crippen LogP contribution in [0.1, 0.15) is 75.1 Å². The zero-order valence-corrected chi connectivity index (χ0v) is 24.6.